The minimum absolute atomic E-state index is 0.0156. The van der Waals surface area contributed by atoms with Crippen LogP contribution in [0.15, 0.2) is 58.3 Å². The molecule has 0 aromatic heterocycles. The molecule has 0 amide bonds. The molecule has 0 fully saturated rings. The second-order valence-corrected chi connectivity index (χ2v) is 9.04. The zero-order valence-corrected chi connectivity index (χ0v) is 13.9. The number of benzene rings is 2. The van der Waals surface area contributed by atoms with Crippen molar-refractivity contribution in [2.75, 3.05) is 17.8 Å². The van der Waals surface area contributed by atoms with Crippen LogP contribution in [0, 0.1) is 0 Å². The number of rotatable bonds is 5. The summed E-state index contributed by atoms with van der Waals surface area (Å²) in [5.74, 6) is 0. The van der Waals surface area contributed by atoms with Crippen LogP contribution in [0.2, 0.25) is 0 Å². The van der Waals surface area contributed by atoms with Crippen molar-refractivity contribution in [2.24, 2.45) is 0 Å². The minimum atomic E-state index is -3.55. The van der Waals surface area contributed by atoms with Crippen LogP contribution in [0.3, 0.4) is 0 Å². The highest BCUT2D eigenvalue weighted by atomic mass is 32.2. The average Bonchev–Trinajstić information content (AvgIpc) is 2.44. The molecule has 0 unspecified atom stereocenters. The Morgan fingerprint density at radius 2 is 1.50 bits per heavy atom. The summed E-state index contributed by atoms with van der Waals surface area (Å²) in [7, 11) is -7.01. The minimum Gasteiger partial charge on any atom is -0.380 e. The molecule has 0 aliphatic heterocycles. The molecule has 7 heteroatoms. The van der Waals surface area contributed by atoms with Crippen molar-refractivity contribution >= 4 is 25.4 Å². The van der Waals surface area contributed by atoms with Gasteiger partial charge in [0.1, 0.15) is 0 Å². The quantitative estimate of drug-likeness (QED) is 0.902. The van der Waals surface area contributed by atoms with Crippen LogP contribution in [-0.4, -0.2) is 29.3 Å². The molecule has 0 saturated heterocycles. The molecular weight excluding hydrogens is 322 g/mol. The van der Waals surface area contributed by atoms with Gasteiger partial charge in [-0.3, -0.25) is 0 Å². The number of nitrogens with one attached hydrogen (secondary N) is 1. The fraction of sp³-hybridized carbons (Fsp3) is 0.200. The van der Waals surface area contributed by atoms with Gasteiger partial charge in [0.15, 0.2) is 19.7 Å². The Balaban J connectivity index is 2.39. The number of hydrogen-bond acceptors (Lipinski definition) is 5. The van der Waals surface area contributed by atoms with Crippen molar-refractivity contribution in [1.82, 2.24) is 0 Å². The SMILES string of the molecule is CS(=O)(=O)c1ccc(NCc2ccccc2)c(S(C)(=O)=O)c1. The van der Waals surface area contributed by atoms with Gasteiger partial charge in [-0.05, 0) is 23.8 Å². The summed E-state index contributed by atoms with van der Waals surface area (Å²) in [6.45, 7) is 0.446. The van der Waals surface area contributed by atoms with Crippen LogP contribution >= 0.6 is 0 Å². The average molecular weight is 339 g/mol. The zero-order valence-electron chi connectivity index (χ0n) is 12.3. The molecule has 0 radical (unpaired) electrons. The van der Waals surface area contributed by atoms with Crippen molar-refractivity contribution in [3.05, 3.63) is 54.1 Å². The number of sulfone groups is 2. The summed E-state index contributed by atoms with van der Waals surface area (Å²) < 4.78 is 47.0. The largest absolute Gasteiger partial charge is 0.380 e. The molecule has 0 spiro atoms. The molecule has 0 aliphatic carbocycles. The number of hydrogen-bond donors (Lipinski definition) is 1. The lowest BCUT2D eigenvalue weighted by Gasteiger charge is -2.12. The van der Waals surface area contributed by atoms with Gasteiger partial charge < -0.3 is 5.32 Å². The molecule has 118 valence electrons. The Bertz CT molecular complexity index is 873. The van der Waals surface area contributed by atoms with Gasteiger partial charge in [-0.25, -0.2) is 16.8 Å². The van der Waals surface area contributed by atoms with Gasteiger partial charge in [0.05, 0.1) is 15.5 Å². The highest BCUT2D eigenvalue weighted by Gasteiger charge is 2.17. The van der Waals surface area contributed by atoms with E-state index >= 15 is 0 Å². The first kappa shape index (κ1) is 16.5. The van der Waals surface area contributed by atoms with Crippen molar-refractivity contribution in [1.29, 1.82) is 0 Å². The molecule has 0 saturated carbocycles. The van der Waals surface area contributed by atoms with Crippen LogP contribution in [0.5, 0.6) is 0 Å². The van der Waals surface area contributed by atoms with Crippen LogP contribution in [-0.2, 0) is 26.2 Å². The van der Waals surface area contributed by atoms with Gasteiger partial charge in [-0.15, -0.1) is 0 Å². The molecule has 0 aliphatic rings. The fourth-order valence-electron chi connectivity index (χ4n) is 1.98. The Kier molecular flexibility index (Phi) is 4.58. The Hall–Kier alpha value is -1.86. The molecule has 0 bridgehead atoms. The molecule has 22 heavy (non-hydrogen) atoms. The molecule has 0 atom stereocenters. The van der Waals surface area contributed by atoms with E-state index in [9.17, 15) is 16.8 Å². The summed E-state index contributed by atoms with van der Waals surface area (Å²) in [6, 6.07) is 13.6. The van der Waals surface area contributed by atoms with E-state index in [0.29, 0.717) is 12.2 Å². The lowest BCUT2D eigenvalue weighted by molar-refractivity contribution is 0.600. The lowest BCUT2D eigenvalue weighted by Crippen LogP contribution is -2.08. The van der Waals surface area contributed by atoms with E-state index in [4.69, 9.17) is 0 Å². The summed E-state index contributed by atoms with van der Waals surface area (Å²) in [4.78, 5) is -0.0375. The third-order valence-electron chi connectivity index (χ3n) is 3.11. The monoisotopic (exact) mass is 339 g/mol. The number of anilines is 1. The van der Waals surface area contributed by atoms with E-state index in [1.165, 1.54) is 18.2 Å². The van der Waals surface area contributed by atoms with E-state index in [0.717, 1.165) is 18.1 Å². The molecule has 1 N–H and O–H groups in total. The Labute approximate surface area is 130 Å². The summed E-state index contributed by atoms with van der Waals surface area (Å²) >= 11 is 0. The van der Waals surface area contributed by atoms with Gasteiger partial charge in [-0.1, -0.05) is 30.3 Å². The van der Waals surface area contributed by atoms with E-state index in [-0.39, 0.29) is 9.79 Å². The van der Waals surface area contributed by atoms with E-state index < -0.39 is 19.7 Å². The predicted octanol–water partition coefficient (Wildman–Crippen LogP) is 2.11. The summed E-state index contributed by atoms with van der Waals surface area (Å²) in [5, 5.41) is 3.04. The van der Waals surface area contributed by atoms with Crippen LogP contribution in [0.1, 0.15) is 5.56 Å². The van der Waals surface area contributed by atoms with Gasteiger partial charge in [-0.2, -0.15) is 0 Å². The Morgan fingerprint density at radius 3 is 2.05 bits per heavy atom. The standard InChI is InChI=1S/C15H17NO4S2/c1-21(17,18)13-8-9-14(15(10-13)22(2,19)20)16-11-12-6-4-3-5-7-12/h3-10,16H,11H2,1-2H3. The summed E-state index contributed by atoms with van der Waals surface area (Å²) in [6.07, 6.45) is 2.10. The van der Waals surface area contributed by atoms with Crippen molar-refractivity contribution in [2.45, 2.75) is 16.3 Å². The smallest absolute Gasteiger partial charge is 0.177 e. The topological polar surface area (TPSA) is 80.3 Å². The second-order valence-electron chi connectivity index (χ2n) is 5.04. The maximum atomic E-state index is 11.9. The maximum absolute atomic E-state index is 11.9. The molecule has 5 nitrogen and oxygen atoms in total. The molecule has 2 aromatic rings. The molecule has 2 rings (SSSR count). The maximum Gasteiger partial charge on any atom is 0.177 e. The third-order valence-corrected chi connectivity index (χ3v) is 5.35. The molecule has 0 heterocycles. The first-order chi connectivity index (χ1) is 10.2. The van der Waals surface area contributed by atoms with Crippen molar-refractivity contribution in [3.8, 4) is 0 Å². The van der Waals surface area contributed by atoms with Gasteiger partial charge in [0, 0.05) is 19.1 Å². The zero-order chi connectivity index (χ0) is 16.4. The van der Waals surface area contributed by atoms with Crippen LogP contribution in [0.25, 0.3) is 0 Å². The first-order valence-electron chi connectivity index (χ1n) is 6.50. The fourth-order valence-corrected chi connectivity index (χ4v) is 3.58. The highest BCUT2D eigenvalue weighted by Crippen LogP contribution is 2.25. The van der Waals surface area contributed by atoms with Crippen molar-refractivity contribution < 1.29 is 16.8 Å². The van der Waals surface area contributed by atoms with E-state index in [2.05, 4.69) is 5.32 Å². The van der Waals surface area contributed by atoms with Gasteiger partial charge in [0.25, 0.3) is 0 Å². The van der Waals surface area contributed by atoms with E-state index in [1.54, 1.807) is 0 Å². The van der Waals surface area contributed by atoms with Gasteiger partial charge >= 0.3 is 0 Å². The van der Waals surface area contributed by atoms with Crippen molar-refractivity contribution in [3.63, 3.8) is 0 Å². The third kappa shape index (κ3) is 4.08. The highest BCUT2D eigenvalue weighted by molar-refractivity contribution is 7.91. The van der Waals surface area contributed by atoms with Gasteiger partial charge in [0.2, 0.25) is 0 Å². The normalized spacial score (nSPS) is 12.1. The summed E-state index contributed by atoms with van der Waals surface area (Å²) in [5.41, 5.74) is 1.38. The van der Waals surface area contributed by atoms with Crippen LogP contribution < -0.4 is 5.32 Å². The lowest BCUT2D eigenvalue weighted by atomic mass is 10.2. The van der Waals surface area contributed by atoms with Crippen LogP contribution in [0.4, 0.5) is 5.69 Å². The predicted molar refractivity (Wildman–Crippen MR) is 86.4 cm³/mol. The van der Waals surface area contributed by atoms with E-state index in [1.807, 2.05) is 30.3 Å². The second kappa shape index (κ2) is 6.10. The first-order valence-corrected chi connectivity index (χ1v) is 10.3. The Morgan fingerprint density at radius 1 is 0.864 bits per heavy atom. The molecule has 2 aromatic carbocycles. The molecular formula is C15H17NO4S2.